The van der Waals surface area contributed by atoms with Gasteiger partial charge in [-0.3, -0.25) is 4.79 Å². The third kappa shape index (κ3) is 4.97. The van der Waals surface area contributed by atoms with Crippen LogP contribution in [0.2, 0.25) is 0 Å². The summed E-state index contributed by atoms with van der Waals surface area (Å²) in [6.45, 7) is 2.03. The number of nitrogens with zero attached hydrogens (tertiary/aromatic N) is 2. The van der Waals surface area contributed by atoms with Gasteiger partial charge in [-0.05, 0) is 18.1 Å². The number of aromatic nitrogens is 2. The number of carbonyl (C=O) groups is 1. The molecule has 1 amide bonds. The number of carbonyl (C=O) groups excluding carboxylic acids is 1. The SMILES string of the molecule is Cc1ccc(CC(=O)Nc2ncc(-c3ccccc3)nc2Cc2ccccc2)cc1. The molecule has 0 saturated heterocycles. The minimum Gasteiger partial charge on any atom is -0.309 e. The van der Waals surface area contributed by atoms with Gasteiger partial charge in [0.25, 0.3) is 0 Å². The van der Waals surface area contributed by atoms with Crippen molar-refractivity contribution in [3.05, 3.63) is 114 Å². The highest BCUT2D eigenvalue weighted by atomic mass is 16.1. The number of hydrogen-bond acceptors (Lipinski definition) is 3. The highest BCUT2D eigenvalue weighted by Crippen LogP contribution is 2.22. The fourth-order valence-corrected chi connectivity index (χ4v) is 3.26. The van der Waals surface area contributed by atoms with E-state index in [1.165, 1.54) is 5.56 Å². The van der Waals surface area contributed by atoms with Gasteiger partial charge in [0.1, 0.15) is 0 Å². The molecular weight excluding hydrogens is 370 g/mol. The van der Waals surface area contributed by atoms with E-state index in [4.69, 9.17) is 4.98 Å². The molecule has 0 fully saturated rings. The van der Waals surface area contributed by atoms with Crippen molar-refractivity contribution in [1.82, 2.24) is 9.97 Å². The van der Waals surface area contributed by atoms with Crippen LogP contribution in [0.3, 0.4) is 0 Å². The summed E-state index contributed by atoms with van der Waals surface area (Å²) in [5.74, 6) is 0.408. The van der Waals surface area contributed by atoms with Crippen molar-refractivity contribution in [3.63, 3.8) is 0 Å². The molecule has 0 aliphatic carbocycles. The average Bonchev–Trinajstić information content (AvgIpc) is 2.78. The Morgan fingerprint density at radius 2 is 1.50 bits per heavy atom. The second-order valence-corrected chi connectivity index (χ2v) is 7.29. The Balaban J connectivity index is 1.60. The molecule has 0 unspecified atom stereocenters. The van der Waals surface area contributed by atoms with Crippen molar-refractivity contribution in [3.8, 4) is 11.3 Å². The monoisotopic (exact) mass is 393 g/mol. The van der Waals surface area contributed by atoms with Crippen LogP contribution < -0.4 is 5.32 Å². The van der Waals surface area contributed by atoms with Gasteiger partial charge in [-0.25, -0.2) is 9.97 Å². The lowest BCUT2D eigenvalue weighted by atomic mass is 10.1. The molecule has 148 valence electrons. The van der Waals surface area contributed by atoms with Gasteiger partial charge >= 0.3 is 0 Å². The molecule has 0 aliphatic rings. The first-order chi connectivity index (χ1) is 14.7. The maximum absolute atomic E-state index is 12.6. The fourth-order valence-electron chi connectivity index (χ4n) is 3.26. The fraction of sp³-hybridized carbons (Fsp3) is 0.115. The van der Waals surface area contributed by atoms with Gasteiger partial charge < -0.3 is 5.32 Å². The maximum atomic E-state index is 12.6. The zero-order valence-corrected chi connectivity index (χ0v) is 16.9. The van der Waals surface area contributed by atoms with E-state index in [2.05, 4.69) is 22.4 Å². The van der Waals surface area contributed by atoms with Gasteiger partial charge in [0.2, 0.25) is 5.91 Å². The lowest BCUT2D eigenvalue weighted by Gasteiger charge is -2.12. The standard InChI is InChI=1S/C26H23N3O/c1-19-12-14-21(15-13-19)17-25(30)29-26-23(16-20-8-4-2-5-9-20)28-24(18-27-26)22-10-6-3-7-11-22/h2-15,18H,16-17H2,1H3,(H,27,29,30). The van der Waals surface area contributed by atoms with Crippen molar-refractivity contribution in [2.24, 2.45) is 0 Å². The quantitative estimate of drug-likeness (QED) is 0.488. The van der Waals surface area contributed by atoms with E-state index in [-0.39, 0.29) is 5.91 Å². The van der Waals surface area contributed by atoms with Crippen LogP contribution in [0.5, 0.6) is 0 Å². The first-order valence-corrected chi connectivity index (χ1v) is 9.98. The number of hydrogen-bond donors (Lipinski definition) is 1. The molecule has 0 spiro atoms. The van der Waals surface area contributed by atoms with E-state index in [0.717, 1.165) is 28.1 Å². The lowest BCUT2D eigenvalue weighted by Crippen LogP contribution is -2.17. The van der Waals surface area contributed by atoms with Crippen LogP contribution in [0.4, 0.5) is 5.82 Å². The zero-order chi connectivity index (χ0) is 20.8. The summed E-state index contributed by atoms with van der Waals surface area (Å²) in [6.07, 6.45) is 2.60. The Morgan fingerprint density at radius 1 is 0.833 bits per heavy atom. The van der Waals surface area contributed by atoms with Gasteiger partial charge in [-0.15, -0.1) is 0 Å². The molecule has 30 heavy (non-hydrogen) atoms. The molecule has 0 atom stereocenters. The molecule has 0 aliphatic heterocycles. The number of nitrogens with one attached hydrogen (secondary N) is 1. The van der Waals surface area contributed by atoms with Crippen molar-refractivity contribution < 1.29 is 4.79 Å². The van der Waals surface area contributed by atoms with E-state index < -0.39 is 0 Å². The average molecular weight is 393 g/mol. The first kappa shape index (κ1) is 19.5. The molecule has 4 heteroatoms. The predicted octanol–water partition coefficient (Wildman–Crippen LogP) is 5.22. The number of benzene rings is 3. The predicted molar refractivity (Wildman–Crippen MR) is 120 cm³/mol. The highest BCUT2D eigenvalue weighted by molar-refractivity contribution is 5.92. The smallest absolute Gasteiger partial charge is 0.229 e. The van der Waals surface area contributed by atoms with E-state index in [1.807, 2.05) is 79.7 Å². The van der Waals surface area contributed by atoms with Crippen LogP contribution in [-0.2, 0) is 17.6 Å². The van der Waals surface area contributed by atoms with Gasteiger partial charge in [-0.2, -0.15) is 0 Å². The van der Waals surface area contributed by atoms with E-state index in [9.17, 15) is 4.79 Å². The van der Waals surface area contributed by atoms with E-state index >= 15 is 0 Å². The minimum absolute atomic E-state index is 0.102. The van der Waals surface area contributed by atoms with E-state index in [1.54, 1.807) is 6.20 Å². The summed E-state index contributed by atoms with van der Waals surface area (Å²) in [4.78, 5) is 22.0. The zero-order valence-electron chi connectivity index (χ0n) is 16.9. The molecule has 0 radical (unpaired) electrons. The molecule has 0 saturated carbocycles. The summed E-state index contributed by atoms with van der Waals surface area (Å²) in [5, 5.41) is 2.96. The van der Waals surface area contributed by atoms with Gasteiger partial charge in [0.15, 0.2) is 5.82 Å². The van der Waals surface area contributed by atoms with Crippen LogP contribution >= 0.6 is 0 Å². The molecule has 1 aromatic heterocycles. The molecule has 1 heterocycles. The maximum Gasteiger partial charge on any atom is 0.229 e. The molecule has 4 nitrogen and oxygen atoms in total. The molecule has 0 bridgehead atoms. The second kappa shape index (κ2) is 9.14. The molecule has 4 aromatic rings. The van der Waals surface area contributed by atoms with Crippen LogP contribution in [-0.4, -0.2) is 15.9 Å². The van der Waals surface area contributed by atoms with E-state index in [0.29, 0.717) is 18.7 Å². The first-order valence-electron chi connectivity index (χ1n) is 9.98. The number of anilines is 1. The van der Waals surface area contributed by atoms with Gasteiger partial charge in [-0.1, -0.05) is 90.5 Å². The van der Waals surface area contributed by atoms with Gasteiger partial charge in [0.05, 0.1) is 24.0 Å². The van der Waals surface area contributed by atoms with Crippen molar-refractivity contribution in [2.45, 2.75) is 19.8 Å². The summed E-state index contributed by atoms with van der Waals surface area (Å²) < 4.78 is 0. The van der Waals surface area contributed by atoms with Crippen LogP contribution in [0, 0.1) is 6.92 Å². The Morgan fingerprint density at radius 3 is 2.20 bits per heavy atom. The van der Waals surface area contributed by atoms with Crippen LogP contribution in [0.15, 0.2) is 91.1 Å². The Labute approximate surface area is 176 Å². The van der Waals surface area contributed by atoms with Crippen LogP contribution in [0.1, 0.15) is 22.4 Å². The molecule has 4 rings (SSSR count). The Bertz CT molecular complexity index is 1120. The van der Waals surface area contributed by atoms with Crippen molar-refractivity contribution in [1.29, 1.82) is 0 Å². The topological polar surface area (TPSA) is 54.9 Å². The number of aryl methyl sites for hydroxylation is 1. The normalized spacial score (nSPS) is 10.6. The third-order valence-corrected chi connectivity index (χ3v) is 4.87. The summed E-state index contributed by atoms with van der Waals surface area (Å²) in [6, 6.07) is 28.0. The molecule has 1 N–H and O–H groups in total. The Hall–Kier alpha value is -3.79. The summed E-state index contributed by atoms with van der Waals surface area (Å²) in [7, 11) is 0. The number of amides is 1. The van der Waals surface area contributed by atoms with Gasteiger partial charge in [0, 0.05) is 12.0 Å². The largest absolute Gasteiger partial charge is 0.309 e. The lowest BCUT2D eigenvalue weighted by molar-refractivity contribution is -0.115. The number of rotatable bonds is 6. The highest BCUT2D eigenvalue weighted by Gasteiger charge is 2.13. The summed E-state index contributed by atoms with van der Waals surface area (Å²) >= 11 is 0. The van der Waals surface area contributed by atoms with Crippen molar-refractivity contribution >= 4 is 11.7 Å². The second-order valence-electron chi connectivity index (χ2n) is 7.29. The minimum atomic E-state index is -0.102. The third-order valence-electron chi connectivity index (χ3n) is 4.87. The van der Waals surface area contributed by atoms with Crippen molar-refractivity contribution in [2.75, 3.05) is 5.32 Å². The Kier molecular flexibility index (Phi) is 5.95. The van der Waals surface area contributed by atoms with Crippen LogP contribution in [0.25, 0.3) is 11.3 Å². The molecular formula is C26H23N3O. The summed E-state index contributed by atoms with van der Waals surface area (Å²) in [5.41, 5.74) is 5.80. The molecule has 3 aromatic carbocycles.